The number of hydrogen-bond donors (Lipinski definition) is 2. The second-order valence-electron chi connectivity index (χ2n) is 7.53. The molecule has 0 aliphatic rings. The summed E-state index contributed by atoms with van der Waals surface area (Å²) in [5, 5.41) is 0.317. The Balaban J connectivity index is 1.91. The van der Waals surface area contributed by atoms with Gasteiger partial charge < -0.3 is 20.8 Å². The molecule has 0 spiro atoms. The van der Waals surface area contributed by atoms with Crippen LogP contribution in [0.15, 0.2) is 66.9 Å². The molecule has 0 radical (unpaired) electrons. The first-order chi connectivity index (χ1) is 15.9. The molecule has 2 heterocycles. The van der Waals surface area contributed by atoms with Crippen LogP contribution in [-0.4, -0.2) is 33.8 Å². The normalized spacial score (nSPS) is 10.8. The number of amides is 2. The Hall–Kier alpha value is -4.46. The molecule has 2 aromatic heterocycles. The van der Waals surface area contributed by atoms with E-state index in [2.05, 4.69) is 4.98 Å². The van der Waals surface area contributed by atoms with Crippen LogP contribution in [0.5, 0.6) is 5.88 Å². The molecule has 2 aromatic carbocycles. The highest BCUT2D eigenvalue weighted by Crippen LogP contribution is 2.34. The van der Waals surface area contributed by atoms with Gasteiger partial charge in [-0.1, -0.05) is 54.6 Å². The first-order valence-electron chi connectivity index (χ1n) is 10.2. The second-order valence-corrected chi connectivity index (χ2v) is 7.53. The standard InChI is InChI=1S/C25H22N4O4/c1-15-21(23(31)24(27)32)22-19(11-12-28-25(22)33-14-20(26)30)29(15)13-17-9-5-6-10-18(17)16-7-3-2-4-8-16/h2-12H,13-14H2,1H3,(H2,26,30)(H2,27,32). The van der Waals surface area contributed by atoms with Gasteiger partial charge >= 0.3 is 0 Å². The topological polar surface area (TPSA) is 130 Å². The molecule has 4 N–H and O–H groups in total. The minimum Gasteiger partial charge on any atom is -0.467 e. The molecule has 4 aromatic rings. The third-order valence-electron chi connectivity index (χ3n) is 5.43. The van der Waals surface area contributed by atoms with Crippen molar-refractivity contribution in [2.75, 3.05) is 6.61 Å². The lowest BCUT2D eigenvalue weighted by molar-refractivity contribution is -0.120. The lowest BCUT2D eigenvalue weighted by atomic mass is 9.99. The average molecular weight is 442 g/mol. The van der Waals surface area contributed by atoms with E-state index in [0.717, 1.165) is 16.7 Å². The van der Waals surface area contributed by atoms with Crippen molar-refractivity contribution in [1.82, 2.24) is 9.55 Å². The van der Waals surface area contributed by atoms with Gasteiger partial charge in [0.25, 0.3) is 17.6 Å². The Bertz CT molecular complexity index is 1380. The molecule has 8 nitrogen and oxygen atoms in total. The summed E-state index contributed by atoms with van der Waals surface area (Å²) in [4.78, 5) is 40.0. The largest absolute Gasteiger partial charge is 0.467 e. The maximum absolute atomic E-state index is 12.8. The highest BCUT2D eigenvalue weighted by molar-refractivity contribution is 6.45. The van der Waals surface area contributed by atoms with Gasteiger partial charge in [0.05, 0.1) is 16.5 Å². The first-order valence-corrected chi connectivity index (χ1v) is 10.2. The Morgan fingerprint density at radius 2 is 1.67 bits per heavy atom. The molecule has 0 unspecified atom stereocenters. The van der Waals surface area contributed by atoms with E-state index >= 15 is 0 Å². The Morgan fingerprint density at radius 3 is 2.36 bits per heavy atom. The number of nitrogens with zero attached hydrogens (tertiary/aromatic N) is 2. The molecule has 0 aliphatic carbocycles. The molecule has 2 amide bonds. The molecule has 0 saturated heterocycles. The number of fused-ring (bicyclic) bond motifs is 1. The number of primary amides is 2. The van der Waals surface area contributed by atoms with Crippen LogP contribution < -0.4 is 16.2 Å². The van der Waals surface area contributed by atoms with E-state index in [1.807, 2.05) is 59.2 Å². The number of aromatic nitrogens is 2. The number of rotatable bonds is 8. The first kappa shape index (κ1) is 21.8. The predicted molar refractivity (Wildman–Crippen MR) is 124 cm³/mol. The fourth-order valence-electron chi connectivity index (χ4n) is 3.97. The number of Topliss-reactive ketones (excluding diaryl/α,β-unsaturated/α-hetero) is 1. The van der Waals surface area contributed by atoms with E-state index in [1.165, 1.54) is 6.20 Å². The van der Waals surface area contributed by atoms with Gasteiger partial charge in [-0.2, -0.15) is 0 Å². The van der Waals surface area contributed by atoms with Crippen LogP contribution in [0.25, 0.3) is 22.0 Å². The molecule has 0 aliphatic heterocycles. The molecular weight excluding hydrogens is 420 g/mol. The number of carbonyl (C=O) groups is 3. The summed E-state index contributed by atoms with van der Waals surface area (Å²) in [6, 6.07) is 19.6. The van der Waals surface area contributed by atoms with Gasteiger partial charge in [-0.25, -0.2) is 4.98 Å². The monoisotopic (exact) mass is 442 g/mol. The summed E-state index contributed by atoms with van der Waals surface area (Å²) >= 11 is 0. The van der Waals surface area contributed by atoms with E-state index in [-0.39, 0.29) is 11.4 Å². The number of carbonyl (C=O) groups excluding carboxylic acids is 3. The molecule has 166 valence electrons. The highest BCUT2D eigenvalue weighted by Gasteiger charge is 2.27. The summed E-state index contributed by atoms with van der Waals surface area (Å²) in [6.07, 6.45) is 1.51. The maximum atomic E-state index is 12.8. The maximum Gasteiger partial charge on any atom is 0.289 e. The molecule has 4 rings (SSSR count). The average Bonchev–Trinajstić information content (AvgIpc) is 3.09. The van der Waals surface area contributed by atoms with Crippen molar-refractivity contribution in [3.8, 4) is 17.0 Å². The second kappa shape index (κ2) is 8.96. The van der Waals surface area contributed by atoms with Crippen molar-refractivity contribution < 1.29 is 19.1 Å². The molecule has 8 heteroatoms. The van der Waals surface area contributed by atoms with E-state index in [4.69, 9.17) is 16.2 Å². The smallest absolute Gasteiger partial charge is 0.289 e. The summed E-state index contributed by atoms with van der Waals surface area (Å²) in [6.45, 7) is 1.73. The molecule has 33 heavy (non-hydrogen) atoms. The lowest BCUT2D eigenvalue weighted by Gasteiger charge is -2.14. The number of benzene rings is 2. The van der Waals surface area contributed by atoms with Crippen molar-refractivity contribution in [2.45, 2.75) is 13.5 Å². The van der Waals surface area contributed by atoms with E-state index < -0.39 is 24.2 Å². The lowest BCUT2D eigenvalue weighted by Crippen LogP contribution is -2.24. The summed E-state index contributed by atoms with van der Waals surface area (Å²) in [5.41, 5.74) is 14.9. The molecular formula is C25H22N4O4. The Morgan fingerprint density at radius 1 is 0.970 bits per heavy atom. The third-order valence-corrected chi connectivity index (χ3v) is 5.43. The van der Waals surface area contributed by atoms with Crippen molar-refractivity contribution in [2.24, 2.45) is 11.5 Å². The zero-order valence-electron chi connectivity index (χ0n) is 17.9. The van der Waals surface area contributed by atoms with Crippen LogP contribution in [0, 0.1) is 6.92 Å². The molecule has 0 bridgehead atoms. The zero-order valence-corrected chi connectivity index (χ0v) is 17.9. The Kier molecular flexibility index (Phi) is 5.91. The van der Waals surface area contributed by atoms with Gasteiger partial charge in [0, 0.05) is 18.4 Å². The molecule has 0 atom stereocenters. The molecule has 0 saturated carbocycles. The number of hydrogen-bond acceptors (Lipinski definition) is 5. The minimum atomic E-state index is -1.09. The van der Waals surface area contributed by atoms with Crippen LogP contribution in [-0.2, 0) is 16.1 Å². The number of ketones is 1. The van der Waals surface area contributed by atoms with Crippen molar-refractivity contribution in [3.05, 3.63) is 83.7 Å². The summed E-state index contributed by atoms with van der Waals surface area (Å²) in [7, 11) is 0. The van der Waals surface area contributed by atoms with Gasteiger partial charge in [0.15, 0.2) is 6.61 Å². The van der Waals surface area contributed by atoms with Gasteiger partial charge in [-0.05, 0) is 29.7 Å². The third kappa shape index (κ3) is 4.18. The van der Waals surface area contributed by atoms with Crippen molar-refractivity contribution >= 4 is 28.5 Å². The van der Waals surface area contributed by atoms with Crippen LogP contribution in [0.3, 0.4) is 0 Å². The zero-order chi connectivity index (χ0) is 23.5. The number of nitrogens with two attached hydrogens (primary N) is 2. The van der Waals surface area contributed by atoms with Gasteiger partial charge in [-0.3, -0.25) is 14.4 Å². The molecule has 0 fully saturated rings. The van der Waals surface area contributed by atoms with E-state index in [0.29, 0.717) is 23.1 Å². The fraction of sp³-hybridized carbons (Fsp3) is 0.120. The quantitative estimate of drug-likeness (QED) is 0.320. The van der Waals surface area contributed by atoms with Crippen LogP contribution in [0.2, 0.25) is 0 Å². The van der Waals surface area contributed by atoms with Crippen LogP contribution in [0.1, 0.15) is 21.6 Å². The van der Waals surface area contributed by atoms with Crippen LogP contribution >= 0.6 is 0 Å². The highest BCUT2D eigenvalue weighted by atomic mass is 16.5. The fourth-order valence-corrected chi connectivity index (χ4v) is 3.97. The number of pyridine rings is 1. The van der Waals surface area contributed by atoms with Crippen molar-refractivity contribution in [1.29, 1.82) is 0 Å². The SMILES string of the molecule is Cc1c(C(=O)C(N)=O)c2c(OCC(N)=O)nccc2n1Cc1ccccc1-c1ccccc1. The van der Waals surface area contributed by atoms with Gasteiger partial charge in [0.1, 0.15) is 0 Å². The summed E-state index contributed by atoms with van der Waals surface area (Å²) < 4.78 is 7.37. The van der Waals surface area contributed by atoms with E-state index in [9.17, 15) is 14.4 Å². The number of ether oxygens (including phenoxy) is 1. The summed E-state index contributed by atoms with van der Waals surface area (Å²) in [5.74, 6) is -2.60. The van der Waals surface area contributed by atoms with Gasteiger partial charge in [-0.15, -0.1) is 0 Å². The van der Waals surface area contributed by atoms with Gasteiger partial charge in [0.2, 0.25) is 5.88 Å². The van der Waals surface area contributed by atoms with E-state index in [1.54, 1.807) is 13.0 Å². The predicted octanol–water partition coefficient (Wildman–Crippen LogP) is 2.59. The Labute approximate surface area is 189 Å². The minimum absolute atomic E-state index is 0.0362. The van der Waals surface area contributed by atoms with Crippen molar-refractivity contribution in [3.63, 3.8) is 0 Å². The van der Waals surface area contributed by atoms with Crippen LogP contribution in [0.4, 0.5) is 0 Å².